The molecule has 1 fully saturated rings. The molecule has 1 saturated carbocycles. The average molecular weight is 342 g/mol. The van der Waals surface area contributed by atoms with Gasteiger partial charge in [-0.2, -0.15) is 0 Å². The topological polar surface area (TPSA) is 51.2 Å². The summed E-state index contributed by atoms with van der Waals surface area (Å²) in [5.41, 5.74) is 2.11. The van der Waals surface area contributed by atoms with Crippen molar-refractivity contribution in [3.63, 3.8) is 0 Å². The van der Waals surface area contributed by atoms with Crippen LogP contribution in [0.2, 0.25) is 0 Å². The number of sulfone groups is 1. The van der Waals surface area contributed by atoms with Gasteiger partial charge in [0.2, 0.25) is 0 Å². The fourth-order valence-corrected chi connectivity index (χ4v) is 5.45. The maximum Gasteiger partial charge on any atom is 0.178 e. The van der Waals surface area contributed by atoms with E-state index in [4.69, 9.17) is 0 Å². The average Bonchev–Trinajstić information content (AvgIpc) is 2.98. The number of carbonyl (C=O) groups is 1. The van der Waals surface area contributed by atoms with Gasteiger partial charge in [0.15, 0.2) is 9.84 Å². The second kappa shape index (κ2) is 6.89. The predicted molar refractivity (Wildman–Crippen MR) is 94.7 cm³/mol. The Morgan fingerprint density at radius 1 is 1.00 bits per heavy atom. The van der Waals surface area contributed by atoms with Crippen molar-refractivity contribution in [1.82, 2.24) is 0 Å². The van der Waals surface area contributed by atoms with Gasteiger partial charge in [0.05, 0.1) is 10.6 Å². The molecule has 0 spiro atoms. The smallest absolute Gasteiger partial charge is 0.178 e. The second-order valence-corrected chi connectivity index (χ2v) is 8.70. The highest BCUT2D eigenvalue weighted by Crippen LogP contribution is 2.44. The van der Waals surface area contributed by atoms with Crippen molar-refractivity contribution in [1.29, 1.82) is 0 Å². The van der Waals surface area contributed by atoms with Crippen molar-refractivity contribution >= 4 is 16.1 Å². The first-order valence-corrected chi connectivity index (χ1v) is 9.96. The number of aldehydes is 1. The normalized spacial score (nSPS) is 24.0. The first-order valence-electron chi connectivity index (χ1n) is 8.31. The molecule has 0 bridgehead atoms. The van der Waals surface area contributed by atoms with Gasteiger partial charge in [-0.15, -0.1) is 0 Å². The van der Waals surface area contributed by atoms with Gasteiger partial charge in [-0.3, -0.25) is 0 Å². The largest absolute Gasteiger partial charge is 0.303 e. The molecule has 3 atom stereocenters. The molecule has 24 heavy (non-hydrogen) atoms. The Balaban J connectivity index is 1.87. The van der Waals surface area contributed by atoms with E-state index in [0.717, 1.165) is 30.3 Å². The molecule has 126 valence electrons. The molecule has 1 aliphatic carbocycles. The molecule has 1 aliphatic rings. The van der Waals surface area contributed by atoms with Crippen LogP contribution >= 0.6 is 0 Å². The molecule has 0 saturated heterocycles. The van der Waals surface area contributed by atoms with E-state index < -0.39 is 9.84 Å². The van der Waals surface area contributed by atoms with Crippen LogP contribution in [0.1, 0.15) is 29.9 Å². The standard InChI is InChI=1S/C20H22O3S/c1-15-7-11-19(12-8-15)24(22,23)14-18-10-9-17(13-21)20(18)16-5-3-2-4-6-16/h2-8,11-13,17-18,20H,9-10,14H2,1H3. The van der Waals surface area contributed by atoms with Gasteiger partial charge in [0, 0.05) is 5.92 Å². The van der Waals surface area contributed by atoms with E-state index in [2.05, 4.69) is 0 Å². The summed E-state index contributed by atoms with van der Waals surface area (Å²) in [7, 11) is -3.35. The van der Waals surface area contributed by atoms with Crippen LogP contribution < -0.4 is 0 Å². The molecule has 3 nitrogen and oxygen atoms in total. The van der Waals surface area contributed by atoms with Crippen LogP contribution in [0.25, 0.3) is 0 Å². The maximum atomic E-state index is 12.8. The fourth-order valence-electron chi connectivity index (χ4n) is 3.77. The van der Waals surface area contributed by atoms with Gasteiger partial charge in [-0.25, -0.2) is 8.42 Å². The zero-order valence-corrected chi connectivity index (χ0v) is 14.6. The number of carbonyl (C=O) groups excluding carboxylic acids is 1. The zero-order valence-electron chi connectivity index (χ0n) is 13.8. The Morgan fingerprint density at radius 3 is 2.29 bits per heavy atom. The quantitative estimate of drug-likeness (QED) is 0.777. The summed E-state index contributed by atoms with van der Waals surface area (Å²) in [5.74, 6) is -0.0246. The lowest BCUT2D eigenvalue weighted by Gasteiger charge is -2.23. The summed E-state index contributed by atoms with van der Waals surface area (Å²) in [4.78, 5) is 11.8. The second-order valence-electron chi connectivity index (χ2n) is 6.67. The third kappa shape index (κ3) is 3.44. The van der Waals surface area contributed by atoms with E-state index in [9.17, 15) is 13.2 Å². The molecule has 3 rings (SSSR count). The Labute approximate surface area is 143 Å². The van der Waals surface area contributed by atoms with E-state index in [-0.39, 0.29) is 23.5 Å². The van der Waals surface area contributed by atoms with Gasteiger partial charge in [0.1, 0.15) is 6.29 Å². The molecular weight excluding hydrogens is 320 g/mol. The molecule has 0 radical (unpaired) electrons. The number of hydrogen-bond donors (Lipinski definition) is 0. The van der Waals surface area contributed by atoms with Crippen molar-refractivity contribution in [3.05, 3.63) is 65.7 Å². The molecular formula is C20H22O3S. The lowest BCUT2D eigenvalue weighted by atomic mass is 9.84. The van der Waals surface area contributed by atoms with Crippen LogP contribution in [0.4, 0.5) is 0 Å². The van der Waals surface area contributed by atoms with Crippen LogP contribution in [0.15, 0.2) is 59.5 Å². The Bertz CT molecular complexity index is 795. The Morgan fingerprint density at radius 2 is 1.67 bits per heavy atom. The molecule has 0 aromatic heterocycles. The fraction of sp³-hybridized carbons (Fsp3) is 0.350. The SMILES string of the molecule is Cc1ccc(S(=O)(=O)CC2CCC(C=O)C2c2ccccc2)cc1. The van der Waals surface area contributed by atoms with E-state index in [0.29, 0.717) is 4.90 Å². The summed E-state index contributed by atoms with van der Waals surface area (Å²) in [6, 6.07) is 16.8. The highest BCUT2D eigenvalue weighted by atomic mass is 32.2. The lowest BCUT2D eigenvalue weighted by Crippen LogP contribution is -2.22. The van der Waals surface area contributed by atoms with Crippen molar-refractivity contribution < 1.29 is 13.2 Å². The first-order chi connectivity index (χ1) is 11.5. The first kappa shape index (κ1) is 16.9. The van der Waals surface area contributed by atoms with Crippen molar-refractivity contribution in [3.8, 4) is 0 Å². The number of rotatable bonds is 5. The van der Waals surface area contributed by atoms with Crippen LogP contribution in [0, 0.1) is 18.8 Å². The minimum Gasteiger partial charge on any atom is -0.303 e. The minimum absolute atomic E-state index is 0.0103. The molecule has 2 aromatic carbocycles. The highest BCUT2D eigenvalue weighted by molar-refractivity contribution is 7.91. The lowest BCUT2D eigenvalue weighted by molar-refractivity contribution is -0.111. The minimum atomic E-state index is -3.35. The molecule has 3 unspecified atom stereocenters. The number of hydrogen-bond acceptors (Lipinski definition) is 3. The van der Waals surface area contributed by atoms with Gasteiger partial charge >= 0.3 is 0 Å². The Hall–Kier alpha value is -1.94. The summed E-state index contributed by atoms with van der Waals surface area (Å²) in [6.07, 6.45) is 2.53. The van der Waals surface area contributed by atoms with Crippen molar-refractivity contribution in [2.75, 3.05) is 5.75 Å². The summed E-state index contributed by atoms with van der Waals surface area (Å²) in [5, 5.41) is 0. The zero-order chi connectivity index (χ0) is 17.2. The molecule has 0 heterocycles. The molecule has 0 amide bonds. The third-order valence-electron chi connectivity index (χ3n) is 5.01. The third-order valence-corrected chi connectivity index (χ3v) is 6.87. The summed E-state index contributed by atoms with van der Waals surface area (Å²) in [6.45, 7) is 1.94. The van der Waals surface area contributed by atoms with Crippen molar-refractivity contribution in [2.24, 2.45) is 11.8 Å². The van der Waals surface area contributed by atoms with Gasteiger partial charge in [-0.05, 0) is 49.3 Å². The summed E-state index contributed by atoms with van der Waals surface area (Å²) < 4.78 is 25.6. The van der Waals surface area contributed by atoms with Crippen LogP contribution in [0.3, 0.4) is 0 Å². The predicted octanol–water partition coefficient (Wildman–Crippen LogP) is 3.78. The Kier molecular flexibility index (Phi) is 4.86. The molecule has 0 aliphatic heterocycles. The maximum absolute atomic E-state index is 12.8. The number of benzene rings is 2. The van der Waals surface area contributed by atoms with E-state index in [1.54, 1.807) is 12.1 Å². The van der Waals surface area contributed by atoms with Crippen molar-refractivity contribution in [2.45, 2.75) is 30.6 Å². The van der Waals surface area contributed by atoms with Crippen LogP contribution in [-0.4, -0.2) is 20.5 Å². The van der Waals surface area contributed by atoms with E-state index in [1.807, 2.05) is 49.4 Å². The van der Waals surface area contributed by atoms with Gasteiger partial charge < -0.3 is 4.79 Å². The molecule has 0 N–H and O–H groups in total. The molecule has 2 aromatic rings. The number of aryl methyl sites for hydroxylation is 1. The van der Waals surface area contributed by atoms with Crippen LogP contribution in [-0.2, 0) is 14.6 Å². The molecule has 4 heteroatoms. The van der Waals surface area contributed by atoms with Gasteiger partial charge in [0.25, 0.3) is 0 Å². The van der Waals surface area contributed by atoms with E-state index in [1.165, 1.54) is 0 Å². The van der Waals surface area contributed by atoms with Gasteiger partial charge in [-0.1, -0.05) is 48.0 Å². The monoisotopic (exact) mass is 342 g/mol. The van der Waals surface area contributed by atoms with Crippen LogP contribution in [0.5, 0.6) is 0 Å². The highest BCUT2D eigenvalue weighted by Gasteiger charge is 2.39. The summed E-state index contributed by atoms with van der Waals surface area (Å²) >= 11 is 0. The van der Waals surface area contributed by atoms with E-state index >= 15 is 0 Å².